The lowest BCUT2D eigenvalue weighted by Gasteiger charge is -2.09. The van der Waals surface area contributed by atoms with Gasteiger partial charge in [-0.2, -0.15) is 5.10 Å². The molecule has 0 saturated heterocycles. The summed E-state index contributed by atoms with van der Waals surface area (Å²) in [6.45, 7) is 5.09. The third-order valence-electron chi connectivity index (χ3n) is 2.11. The van der Waals surface area contributed by atoms with Crippen molar-refractivity contribution in [3.8, 4) is 5.75 Å². The van der Waals surface area contributed by atoms with E-state index in [1.807, 2.05) is 10.9 Å². The second-order valence-corrected chi connectivity index (χ2v) is 3.47. The molecule has 3 nitrogen and oxygen atoms in total. The average Bonchev–Trinajstić information content (AvgIpc) is 2.46. The van der Waals surface area contributed by atoms with Crippen LogP contribution in [0.1, 0.15) is 32.0 Å². The first-order valence-corrected chi connectivity index (χ1v) is 4.48. The van der Waals surface area contributed by atoms with Crippen molar-refractivity contribution in [3.05, 3.63) is 11.9 Å². The Morgan fingerprint density at radius 3 is 3.08 bits per heavy atom. The largest absolute Gasteiger partial charge is 0.490 e. The minimum Gasteiger partial charge on any atom is -0.490 e. The van der Waals surface area contributed by atoms with Gasteiger partial charge in [0.05, 0.1) is 12.8 Å². The van der Waals surface area contributed by atoms with E-state index in [1.54, 1.807) is 0 Å². The van der Waals surface area contributed by atoms with Crippen LogP contribution in [-0.2, 0) is 6.42 Å². The Bertz CT molecular complexity index is 255. The van der Waals surface area contributed by atoms with Crippen molar-refractivity contribution in [2.45, 2.75) is 32.7 Å². The van der Waals surface area contributed by atoms with E-state index in [-0.39, 0.29) is 0 Å². The van der Waals surface area contributed by atoms with Crippen LogP contribution in [0.15, 0.2) is 6.20 Å². The number of fused-ring (bicyclic) bond motifs is 1. The molecule has 12 heavy (non-hydrogen) atoms. The molecule has 1 aromatic heterocycles. The van der Waals surface area contributed by atoms with Crippen molar-refractivity contribution in [3.63, 3.8) is 0 Å². The number of ether oxygens (including phenoxy) is 1. The minimum atomic E-state index is 0.430. The molecule has 0 N–H and O–H groups in total. The van der Waals surface area contributed by atoms with Crippen LogP contribution in [0.3, 0.4) is 0 Å². The smallest absolute Gasteiger partial charge is 0.160 e. The van der Waals surface area contributed by atoms with Gasteiger partial charge in [0.1, 0.15) is 5.69 Å². The fraction of sp³-hybridized carbons (Fsp3) is 0.667. The van der Waals surface area contributed by atoms with Crippen molar-refractivity contribution in [2.24, 2.45) is 0 Å². The molecule has 2 rings (SSSR count). The van der Waals surface area contributed by atoms with Gasteiger partial charge >= 0.3 is 0 Å². The van der Waals surface area contributed by atoms with Crippen molar-refractivity contribution in [1.29, 1.82) is 0 Å². The Labute approximate surface area is 72.3 Å². The Morgan fingerprint density at radius 1 is 1.58 bits per heavy atom. The lowest BCUT2D eigenvalue weighted by molar-refractivity contribution is 0.288. The normalized spacial score (nSPS) is 15.9. The molecule has 1 aromatic rings. The van der Waals surface area contributed by atoms with Gasteiger partial charge in [-0.25, -0.2) is 0 Å². The van der Waals surface area contributed by atoms with Crippen LogP contribution in [0.25, 0.3) is 0 Å². The Morgan fingerprint density at radius 2 is 2.42 bits per heavy atom. The molecule has 0 saturated carbocycles. The van der Waals surface area contributed by atoms with Crippen LogP contribution >= 0.6 is 0 Å². The van der Waals surface area contributed by atoms with Gasteiger partial charge < -0.3 is 4.74 Å². The quantitative estimate of drug-likeness (QED) is 0.636. The highest BCUT2D eigenvalue weighted by atomic mass is 16.5. The first kappa shape index (κ1) is 7.65. The van der Waals surface area contributed by atoms with E-state index in [2.05, 4.69) is 18.9 Å². The van der Waals surface area contributed by atoms with Gasteiger partial charge in [0.25, 0.3) is 0 Å². The topological polar surface area (TPSA) is 27.1 Å². The zero-order valence-electron chi connectivity index (χ0n) is 7.58. The van der Waals surface area contributed by atoms with Gasteiger partial charge in [-0.15, -0.1) is 0 Å². The van der Waals surface area contributed by atoms with Gasteiger partial charge in [-0.05, 0) is 26.7 Å². The molecule has 0 radical (unpaired) electrons. The number of nitrogens with zero attached hydrogens (tertiary/aromatic N) is 2. The number of rotatable bonds is 1. The maximum Gasteiger partial charge on any atom is 0.160 e. The second-order valence-electron chi connectivity index (χ2n) is 3.47. The van der Waals surface area contributed by atoms with Crippen LogP contribution in [0, 0.1) is 0 Å². The summed E-state index contributed by atoms with van der Waals surface area (Å²) in [6, 6.07) is 0.430. The maximum atomic E-state index is 5.47. The van der Waals surface area contributed by atoms with E-state index < -0.39 is 0 Å². The van der Waals surface area contributed by atoms with Crippen molar-refractivity contribution >= 4 is 0 Å². The van der Waals surface area contributed by atoms with Gasteiger partial charge in [0.15, 0.2) is 5.75 Å². The van der Waals surface area contributed by atoms with Gasteiger partial charge in [0.2, 0.25) is 0 Å². The van der Waals surface area contributed by atoms with E-state index in [4.69, 9.17) is 4.74 Å². The SMILES string of the molecule is CC(C)n1cc2c(n1)CCCO2. The van der Waals surface area contributed by atoms with Crippen molar-refractivity contribution < 1.29 is 4.74 Å². The highest BCUT2D eigenvalue weighted by molar-refractivity contribution is 5.26. The molecule has 1 aliphatic rings. The summed E-state index contributed by atoms with van der Waals surface area (Å²) in [5.74, 6) is 0.981. The predicted molar refractivity (Wildman–Crippen MR) is 46.4 cm³/mol. The second kappa shape index (κ2) is 2.81. The van der Waals surface area contributed by atoms with Crippen LogP contribution in [-0.4, -0.2) is 16.4 Å². The van der Waals surface area contributed by atoms with E-state index in [1.165, 1.54) is 0 Å². The minimum absolute atomic E-state index is 0.430. The highest BCUT2D eigenvalue weighted by Crippen LogP contribution is 2.24. The molecular weight excluding hydrogens is 152 g/mol. The number of aryl methyl sites for hydroxylation is 1. The molecular formula is C9H14N2O. The first-order valence-electron chi connectivity index (χ1n) is 4.48. The third-order valence-corrected chi connectivity index (χ3v) is 2.11. The van der Waals surface area contributed by atoms with E-state index in [9.17, 15) is 0 Å². The van der Waals surface area contributed by atoms with Gasteiger partial charge in [-0.3, -0.25) is 4.68 Å². The van der Waals surface area contributed by atoms with Crippen LogP contribution in [0.2, 0.25) is 0 Å². The summed E-state index contributed by atoms with van der Waals surface area (Å²) in [5, 5.41) is 4.44. The van der Waals surface area contributed by atoms with Crippen LogP contribution in [0.4, 0.5) is 0 Å². The van der Waals surface area contributed by atoms with E-state index in [0.29, 0.717) is 6.04 Å². The number of hydrogen-bond acceptors (Lipinski definition) is 2. The highest BCUT2D eigenvalue weighted by Gasteiger charge is 2.15. The standard InChI is InChI=1S/C9H14N2O/c1-7(2)11-6-9-8(10-11)4-3-5-12-9/h6-7H,3-5H2,1-2H3. The molecule has 0 aromatic carbocycles. The zero-order chi connectivity index (χ0) is 8.55. The molecule has 66 valence electrons. The molecule has 0 atom stereocenters. The van der Waals surface area contributed by atoms with E-state index >= 15 is 0 Å². The Kier molecular flexibility index (Phi) is 1.79. The van der Waals surface area contributed by atoms with Gasteiger partial charge in [0, 0.05) is 6.04 Å². The molecule has 0 bridgehead atoms. The lowest BCUT2D eigenvalue weighted by atomic mass is 10.2. The molecule has 1 aliphatic heterocycles. The summed E-state index contributed by atoms with van der Waals surface area (Å²) in [7, 11) is 0. The zero-order valence-corrected chi connectivity index (χ0v) is 7.58. The van der Waals surface area contributed by atoms with Gasteiger partial charge in [-0.1, -0.05) is 0 Å². The average molecular weight is 166 g/mol. The molecule has 2 heterocycles. The molecule has 0 aliphatic carbocycles. The Hall–Kier alpha value is -0.990. The molecule has 0 unspecified atom stereocenters. The van der Waals surface area contributed by atoms with Crippen molar-refractivity contribution in [2.75, 3.05) is 6.61 Å². The van der Waals surface area contributed by atoms with Crippen LogP contribution in [0.5, 0.6) is 5.75 Å². The predicted octanol–water partition coefficient (Wildman–Crippen LogP) is 1.79. The summed E-state index contributed by atoms with van der Waals surface area (Å²) < 4.78 is 7.44. The maximum absolute atomic E-state index is 5.47. The first-order chi connectivity index (χ1) is 5.77. The molecule has 0 fully saturated rings. The van der Waals surface area contributed by atoms with Crippen molar-refractivity contribution in [1.82, 2.24) is 9.78 Å². The summed E-state index contributed by atoms with van der Waals surface area (Å²) in [6.07, 6.45) is 4.16. The number of hydrogen-bond donors (Lipinski definition) is 0. The summed E-state index contributed by atoms with van der Waals surface area (Å²) >= 11 is 0. The lowest BCUT2D eigenvalue weighted by Crippen LogP contribution is -2.07. The molecule has 0 amide bonds. The number of aromatic nitrogens is 2. The monoisotopic (exact) mass is 166 g/mol. The fourth-order valence-electron chi connectivity index (χ4n) is 1.39. The molecule has 3 heteroatoms. The summed E-state index contributed by atoms with van der Waals surface area (Å²) in [4.78, 5) is 0. The van der Waals surface area contributed by atoms with E-state index in [0.717, 1.165) is 30.9 Å². The molecule has 0 spiro atoms. The fourth-order valence-corrected chi connectivity index (χ4v) is 1.39. The van der Waals surface area contributed by atoms with Crippen LogP contribution < -0.4 is 4.74 Å². The summed E-state index contributed by atoms with van der Waals surface area (Å²) in [5.41, 5.74) is 1.12. The Balaban J connectivity index is 2.32. The third kappa shape index (κ3) is 1.19.